The fourth-order valence-corrected chi connectivity index (χ4v) is 3.84. The molecular formula is C16H24N6S. The van der Waals surface area contributed by atoms with E-state index in [-0.39, 0.29) is 0 Å². The van der Waals surface area contributed by atoms with Crippen LogP contribution in [-0.4, -0.2) is 50.7 Å². The summed E-state index contributed by atoms with van der Waals surface area (Å²) in [6.45, 7) is 12.8. The molecule has 1 N–H and O–H groups in total. The van der Waals surface area contributed by atoms with Gasteiger partial charge >= 0.3 is 0 Å². The molecule has 0 atom stereocenters. The third-order valence-corrected chi connectivity index (χ3v) is 5.48. The maximum atomic E-state index is 4.77. The molecule has 0 aliphatic heterocycles. The smallest absolute Gasteiger partial charge is 0.227 e. The predicted molar refractivity (Wildman–Crippen MR) is 96.5 cm³/mol. The van der Waals surface area contributed by atoms with E-state index in [4.69, 9.17) is 4.98 Å². The van der Waals surface area contributed by atoms with Gasteiger partial charge in [0.1, 0.15) is 11.2 Å². The maximum Gasteiger partial charge on any atom is 0.227 e. The lowest BCUT2D eigenvalue weighted by molar-refractivity contribution is 0.303. The highest BCUT2D eigenvalue weighted by molar-refractivity contribution is 7.18. The molecule has 6 nitrogen and oxygen atoms in total. The Balaban J connectivity index is 1.81. The van der Waals surface area contributed by atoms with Gasteiger partial charge in [-0.2, -0.15) is 9.61 Å². The molecule has 124 valence electrons. The standard InChI is InChI=1S/C16H24N6S/c1-5-21(6-2)9-7-8-17-16-20-15-13(11(3)12(4)23-15)14-18-10-19-22(14)16/h10H,5-9H2,1-4H3,(H,17,20). The number of hydrogen-bond acceptors (Lipinski definition) is 6. The second-order valence-corrected chi connectivity index (χ2v) is 6.90. The highest BCUT2D eigenvalue weighted by Crippen LogP contribution is 2.32. The molecule has 23 heavy (non-hydrogen) atoms. The van der Waals surface area contributed by atoms with Crippen molar-refractivity contribution >= 4 is 33.1 Å². The van der Waals surface area contributed by atoms with Gasteiger partial charge in [-0.15, -0.1) is 11.3 Å². The Kier molecular flexibility index (Phi) is 4.77. The minimum absolute atomic E-state index is 0.783. The van der Waals surface area contributed by atoms with Crippen LogP contribution in [0.4, 0.5) is 5.95 Å². The number of anilines is 1. The number of nitrogens with zero attached hydrogens (tertiary/aromatic N) is 5. The number of aryl methyl sites for hydroxylation is 2. The van der Waals surface area contributed by atoms with Crippen molar-refractivity contribution in [3.8, 4) is 0 Å². The van der Waals surface area contributed by atoms with Crippen LogP contribution >= 0.6 is 11.3 Å². The summed E-state index contributed by atoms with van der Waals surface area (Å²) < 4.78 is 1.82. The first-order chi connectivity index (χ1) is 11.2. The average Bonchev–Trinajstić information content (AvgIpc) is 3.13. The topological polar surface area (TPSA) is 58.3 Å². The highest BCUT2D eigenvalue weighted by Gasteiger charge is 2.15. The van der Waals surface area contributed by atoms with Crippen LogP contribution in [0, 0.1) is 13.8 Å². The SMILES string of the molecule is CCN(CC)CCCNc1nc2sc(C)c(C)c2c2ncnn12. The van der Waals surface area contributed by atoms with E-state index >= 15 is 0 Å². The predicted octanol–water partition coefficient (Wildman–Crippen LogP) is 3.10. The van der Waals surface area contributed by atoms with Crippen LogP contribution in [0.3, 0.4) is 0 Å². The first-order valence-electron chi connectivity index (χ1n) is 8.21. The van der Waals surface area contributed by atoms with Crippen molar-refractivity contribution in [2.45, 2.75) is 34.1 Å². The average molecular weight is 332 g/mol. The van der Waals surface area contributed by atoms with Crippen molar-refractivity contribution in [3.05, 3.63) is 16.8 Å². The van der Waals surface area contributed by atoms with E-state index in [0.717, 1.165) is 54.4 Å². The summed E-state index contributed by atoms with van der Waals surface area (Å²) in [5, 5.41) is 8.89. The second kappa shape index (κ2) is 6.80. The van der Waals surface area contributed by atoms with E-state index in [2.05, 4.69) is 48.0 Å². The number of hydrogen-bond donors (Lipinski definition) is 1. The number of rotatable bonds is 7. The molecule has 3 rings (SSSR count). The first kappa shape index (κ1) is 16.1. The van der Waals surface area contributed by atoms with E-state index in [0.29, 0.717) is 0 Å². The minimum atomic E-state index is 0.783. The Morgan fingerprint density at radius 1 is 1.26 bits per heavy atom. The van der Waals surface area contributed by atoms with E-state index in [1.165, 1.54) is 10.4 Å². The maximum absolute atomic E-state index is 4.77. The quantitative estimate of drug-likeness (QED) is 0.674. The number of aromatic nitrogens is 4. The van der Waals surface area contributed by atoms with Crippen molar-refractivity contribution in [1.29, 1.82) is 0 Å². The zero-order valence-electron chi connectivity index (χ0n) is 14.3. The summed E-state index contributed by atoms with van der Waals surface area (Å²) >= 11 is 1.72. The Morgan fingerprint density at radius 2 is 2.04 bits per heavy atom. The van der Waals surface area contributed by atoms with Crippen molar-refractivity contribution in [2.75, 3.05) is 31.5 Å². The number of thiophene rings is 1. The molecule has 3 aromatic rings. The van der Waals surface area contributed by atoms with Crippen LogP contribution in [0.15, 0.2) is 6.33 Å². The molecule has 0 spiro atoms. The Bertz CT molecular complexity index is 802. The summed E-state index contributed by atoms with van der Waals surface area (Å²) in [5.74, 6) is 0.783. The lowest BCUT2D eigenvalue weighted by atomic mass is 10.2. The molecule has 0 saturated carbocycles. The minimum Gasteiger partial charge on any atom is -0.354 e. The van der Waals surface area contributed by atoms with E-state index < -0.39 is 0 Å². The van der Waals surface area contributed by atoms with Crippen LogP contribution in [0.25, 0.3) is 15.9 Å². The van der Waals surface area contributed by atoms with Gasteiger partial charge < -0.3 is 10.2 Å². The van der Waals surface area contributed by atoms with Gasteiger partial charge in [-0.3, -0.25) is 0 Å². The van der Waals surface area contributed by atoms with Crippen LogP contribution in [-0.2, 0) is 0 Å². The van der Waals surface area contributed by atoms with Crippen LogP contribution in [0.1, 0.15) is 30.7 Å². The van der Waals surface area contributed by atoms with Crippen molar-refractivity contribution < 1.29 is 0 Å². The Hall–Kier alpha value is -1.73. The third kappa shape index (κ3) is 3.03. The molecule has 0 aliphatic carbocycles. The monoisotopic (exact) mass is 332 g/mol. The molecule has 0 radical (unpaired) electrons. The summed E-state index contributed by atoms with van der Waals surface area (Å²) in [6.07, 6.45) is 2.68. The van der Waals surface area contributed by atoms with E-state index in [9.17, 15) is 0 Å². The molecule has 7 heteroatoms. The van der Waals surface area contributed by atoms with Gasteiger partial charge in [0.25, 0.3) is 0 Å². The molecule has 0 bridgehead atoms. The normalized spacial score (nSPS) is 11.9. The Labute approximate surface area is 140 Å². The molecule has 0 saturated heterocycles. The fourth-order valence-electron chi connectivity index (χ4n) is 2.82. The molecule has 3 heterocycles. The first-order valence-corrected chi connectivity index (χ1v) is 9.03. The summed E-state index contributed by atoms with van der Waals surface area (Å²) in [6, 6.07) is 0. The molecule has 0 unspecified atom stereocenters. The van der Waals surface area contributed by atoms with Gasteiger partial charge in [-0.1, -0.05) is 13.8 Å². The van der Waals surface area contributed by atoms with Crippen LogP contribution in [0.5, 0.6) is 0 Å². The van der Waals surface area contributed by atoms with Gasteiger partial charge in [-0.05, 0) is 45.5 Å². The highest BCUT2D eigenvalue weighted by atomic mass is 32.1. The lowest BCUT2D eigenvalue weighted by Gasteiger charge is -2.17. The largest absolute Gasteiger partial charge is 0.354 e. The van der Waals surface area contributed by atoms with E-state index in [1.54, 1.807) is 17.7 Å². The van der Waals surface area contributed by atoms with Crippen molar-refractivity contribution in [3.63, 3.8) is 0 Å². The van der Waals surface area contributed by atoms with Gasteiger partial charge in [0, 0.05) is 11.4 Å². The zero-order valence-corrected chi connectivity index (χ0v) is 15.1. The number of nitrogens with one attached hydrogen (secondary N) is 1. The van der Waals surface area contributed by atoms with E-state index in [1.807, 2.05) is 4.52 Å². The molecule has 3 aromatic heterocycles. The van der Waals surface area contributed by atoms with Crippen molar-refractivity contribution in [2.24, 2.45) is 0 Å². The van der Waals surface area contributed by atoms with Gasteiger partial charge in [0.05, 0.1) is 5.39 Å². The molecule has 0 fully saturated rings. The molecular weight excluding hydrogens is 308 g/mol. The molecule has 0 aliphatic rings. The summed E-state index contributed by atoms with van der Waals surface area (Å²) in [7, 11) is 0. The van der Waals surface area contributed by atoms with Gasteiger partial charge in [0.15, 0.2) is 5.65 Å². The zero-order chi connectivity index (χ0) is 16.4. The Morgan fingerprint density at radius 3 is 2.78 bits per heavy atom. The third-order valence-electron chi connectivity index (χ3n) is 4.37. The van der Waals surface area contributed by atoms with Gasteiger partial charge in [-0.25, -0.2) is 9.97 Å². The molecule has 0 amide bonds. The molecule has 0 aromatic carbocycles. The summed E-state index contributed by atoms with van der Waals surface area (Å²) in [5.41, 5.74) is 2.15. The lowest BCUT2D eigenvalue weighted by Crippen LogP contribution is -2.25. The van der Waals surface area contributed by atoms with Crippen LogP contribution < -0.4 is 5.32 Å². The second-order valence-electron chi connectivity index (χ2n) is 5.70. The fraction of sp³-hybridized carbons (Fsp3) is 0.562. The van der Waals surface area contributed by atoms with Gasteiger partial charge in [0.2, 0.25) is 5.95 Å². The number of fused-ring (bicyclic) bond motifs is 3. The summed E-state index contributed by atoms with van der Waals surface area (Å²) in [4.78, 5) is 14.0. The van der Waals surface area contributed by atoms with Crippen molar-refractivity contribution in [1.82, 2.24) is 24.5 Å². The van der Waals surface area contributed by atoms with Crippen LogP contribution in [0.2, 0.25) is 0 Å².